The molecule has 0 saturated carbocycles. The van der Waals surface area contributed by atoms with Gasteiger partial charge in [-0.25, -0.2) is 0 Å². The van der Waals surface area contributed by atoms with Crippen molar-refractivity contribution in [2.24, 2.45) is 0 Å². The minimum absolute atomic E-state index is 0.0262. The van der Waals surface area contributed by atoms with Gasteiger partial charge in [0.25, 0.3) is 0 Å². The first-order valence-corrected chi connectivity index (χ1v) is 9.92. The average molecular weight is 260 g/mol. The molecular weight excluding hydrogens is 240 g/mol. The van der Waals surface area contributed by atoms with E-state index >= 15 is 0 Å². The molecular formula is C9H20F4Si2. The first kappa shape index (κ1) is 15.2. The molecule has 0 nitrogen and oxygen atoms in total. The summed E-state index contributed by atoms with van der Waals surface area (Å²) in [7, 11) is -8.27. The molecule has 0 unspecified atom stereocenters. The molecule has 0 amide bonds. The third kappa shape index (κ3) is 8.01. The lowest BCUT2D eigenvalue weighted by molar-refractivity contribution is 0.557. The van der Waals surface area contributed by atoms with Crippen LogP contribution in [0.25, 0.3) is 0 Å². The van der Waals surface area contributed by atoms with Gasteiger partial charge in [-0.15, -0.1) is 0 Å². The molecule has 0 atom stereocenters. The van der Waals surface area contributed by atoms with E-state index in [1.54, 1.807) is 13.8 Å². The Balaban J connectivity index is 3.77. The van der Waals surface area contributed by atoms with Crippen LogP contribution >= 0.6 is 0 Å². The third-order valence-electron chi connectivity index (χ3n) is 2.32. The number of halogens is 4. The van der Waals surface area contributed by atoms with Crippen LogP contribution < -0.4 is 0 Å². The summed E-state index contributed by atoms with van der Waals surface area (Å²) in [4.78, 5) is 0. The summed E-state index contributed by atoms with van der Waals surface area (Å²) < 4.78 is 52.4. The molecule has 0 spiro atoms. The van der Waals surface area contributed by atoms with Crippen LogP contribution in [0.5, 0.6) is 0 Å². The molecule has 0 bridgehead atoms. The maximum Gasteiger partial charge on any atom is 0.424 e. The predicted octanol–water partition coefficient (Wildman–Crippen LogP) is 4.96. The van der Waals surface area contributed by atoms with Gasteiger partial charge >= 0.3 is 17.5 Å². The van der Waals surface area contributed by atoms with Crippen LogP contribution in [-0.2, 0) is 0 Å². The Morgan fingerprint density at radius 2 is 1.00 bits per heavy atom. The van der Waals surface area contributed by atoms with Crippen LogP contribution in [0.1, 0.15) is 33.1 Å². The SMILES string of the molecule is CCC[Si](F)(F)CCC[Si](F)(F)CCC. The van der Waals surface area contributed by atoms with E-state index in [0.717, 1.165) is 0 Å². The standard InChI is InChI=1S/C9H20F4Si2/c1-3-6-14(10,11)8-5-9-15(12,13)7-4-2/h3-9H2,1-2H3. The lowest BCUT2D eigenvalue weighted by Crippen LogP contribution is -2.25. The molecule has 0 aromatic carbocycles. The summed E-state index contributed by atoms with van der Waals surface area (Å²) in [6, 6.07) is -0.581. The fourth-order valence-electron chi connectivity index (χ4n) is 1.59. The van der Waals surface area contributed by atoms with E-state index in [2.05, 4.69) is 0 Å². The van der Waals surface area contributed by atoms with E-state index < -0.39 is 17.5 Å². The Bertz CT molecular complexity index is 155. The molecule has 0 aliphatic heterocycles. The smallest absolute Gasteiger partial charge is 0.270 e. The van der Waals surface area contributed by atoms with Crippen molar-refractivity contribution in [3.63, 3.8) is 0 Å². The lowest BCUT2D eigenvalue weighted by Gasteiger charge is -2.14. The molecule has 0 fully saturated rings. The third-order valence-corrected chi connectivity index (χ3v) is 6.95. The summed E-state index contributed by atoms with van der Waals surface area (Å²) >= 11 is 0. The van der Waals surface area contributed by atoms with Crippen molar-refractivity contribution in [3.8, 4) is 0 Å². The van der Waals surface area contributed by atoms with Gasteiger partial charge in [-0.1, -0.05) is 26.7 Å². The molecule has 0 saturated heterocycles. The van der Waals surface area contributed by atoms with Crippen LogP contribution in [0.15, 0.2) is 0 Å². The molecule has 0 aromatic heterocycles. The molecule has 0 radical (unpaired) electrons. The van der Waals surface area contributed by atoms with Crippen molar-refractivity contribution in [1.82, 2.24) is 0 Å². The summed E-state index contributed by atoms with van der Waals surface area (Å²) in [5.74, 6) is 0. The van der Waals surface area contributed by atoms with Crippen molar-refractivity contribution in [1.29, 1.82) is 0 Å². The van der Waals surface area contributed by atoms with Gasteiger partial charge in [0.2, 0.25) is 0 Å². The molecule has 15 heavy (non-hydrogen) atoms. The van der Waals surface area contributed by atoms with Crippen LogP contribution in [0.3, 0.4) is 0 Å². The van der Waals surface area contributed by atoms with E-state index in [1.807, 2.05) is 0 Å². The summed E-state index contributed by atoms with van der Waals surface area (Å²) in [6.45, 7) is 3.42. The minimum atomic E-state index is -4.14. The van der Waals surface area contributed by atoms with Crippen LogP contribution in [-0.4, -0.2) is 17.5 Å². The molecule has 6 heteroatoms. The summed E-state index contributed by atoms with van der Waals surface area (Å²) in [6.07, 6.45) is 0.947. The highest BCUT2D eigenvalue weighted by molar-refractivity contribution is 6.67. The number of rotatable bonds is 8. The topological polar surface area (TPSA) is 0 Å². The molecule has 0 aromatic rings. The summed E-state index contributed by atoms with van der Waals surface area (Å²) in [5.41, 5.74) is 0. The fraction of sp³-hybridized carbons (Fsp3) is 1.00. The second-order valence-electron chi connectivity index (χ2n) is 4.07. The Labute approximate surface area is 91.8 Å². The Morgan fingerprint density at radius 1 is 0.667 bits per heavy atom. The molecule has 0 rings (SSSR count). The van der Waals surface area contributed by atoms with Gasteiger partial charge in [-0.2, -0.15) is 0 Å². The first-order chi connectivity index (χ1) is 6.83. The largest absolute Gasteiger partial charge is 0.424 e. The molecule has 0 N–H and O–H groups in total. The van der Waals surface area contributed by atoms with Gasteiger partial charge in [-0.05, 0) is 30.6 Å². The monoisotopic (exact) mass is 260 g/mol. The van der Waals surface area contributed by atoms with Crippen molar-refractivity contribution >= 4 is 17.5 Å². The van der Waals surface area contributed by atoms with E-state index in [-0.39, 0.29) is 30.6 Å². The van der Waals surface area contributed by atoms with E-state index in [1.165, 1.54) is 0 Å². The Morgan fingerprint density at radius 3 is 1.27 bits per heavy atom. The van der Waals surface area contributed by atoms with Crippen molar-refractivity contribution < 1.29 is 16.4 Å². The zero-order chi connectivity index (χ0) is 11.9. The van der Waals surface area contributed by atoms with Gasteiger partial charge in [0.1, 0.15) is 0 Å². The van der Waals surface area contributed by atoms with Crippen LogP contribution in [0.4, 0.5) is 16.4 Å². The molecule has 0 aliphatic carbocycles. The second-order valence-corrected chi connectivity index (χ2v) is 9.49. The van der Waals surface area contributed by atoms with E-state index in [4.69, 9.17) is 0 Å². The highest BCUT2D eigenvalue weighted by Gasteiger charge is 2.38. The van der Waals surface area contributed by atoms with E-state index in [0.29, 0.717) is 12.8 Å². The number of hydrogen-bond acceptors (Lipinski definition) is 0. The van der Waals surface area contributed by atoms with Crippen molar-refractivity contribution in [3.05, 3.63) is 0 Å². The van der Waals surface area contributed by atoms with Gasteiger partial charge in [0, 0.05) is 0 Å². The van der Waals surface area contributed by atoms with Gasteiger partial charge < -0.3 is 0 Å². The van der Waals surface area contributed by atoms with Gasteiger partial charge in [0.05, 0.1) is 0 Å². The maximum absolute atomic E-state index is 13.1. The van der Waals surface area contributed by atoms with Crippen molar-refractivity contribution in [2.75, 3.05) is 0 Å². The van der Waals surface area contributed by atoms with Crippen LogP contribution in [0.2, 0.25) is 24.2 Å². The average Bonchev–Trinajstić information content (AvgIpc) is 2.02. The maximum atomic E-state index is 13.1. The fourth-order valence-corrected chi connectivity index (χ4v) is 5.29. The van der Waals surface area contributed by atoms with E-state index in [9.17, 15) is 16.4 Å². The Kier molecular flexibility index (Phi) is 6.74. The Hall–Kier alpha value is 0.154. The van der Waals surface area contributed by atoms with Crippen molar-refractivity contribution in [2.45, 2.75) is 57.3 Å². The lowest BCUT2D eigenvalue weighted by atomic mass is 10.6. The first-order valence-electron chi connectivity index (χ1n) is 5.58. The number of hydrogen-bond donors (Lipinski definition) is 0. The van der Waals surface area contributed by atoms with Gasteiger partial charge in [0.15, 0.2) is 0 Å². The zero-order valence-corrected chi connectivity index (χ0v) is 11.5. The molecule has 0 aliphatic rings. The zero-order valence-electron chi connectivity index (χ0n) is 9.46. The quantitative estimate of drug-likeness (QED) is 0.329. The van der Waals surface area contributed by atoms with Crippen LogP contribution in [0, 0.1) is 0 Å². The summed E-state index contributed by atoms with van der Waals surface area (Å²) in [5, 5.41) is 0. The molecule has 0 heterocycles. The predicted molar refractivity (Wildman–Crippen MR) is 60.4 cm³/mol. The van der Waals surface area contributed by atoms with Gasteiger partial charge in [-0.3, -0.25) is 16.4 Å². The minimum Gasteiger partial charge on any atom is -0.270 e. The second kappa shape index (κ2) is 6.68. The molecule has 92 valence electrons. The highest BCUT2D eigenvalue weighted by Crippen LogP contribution is 2.28. The normalized spacial score (nSPS) is 13.2. The highest BCUT2D eigenvalue weighted by atomic mass is 28.4.